The van der Waals surface area contributed by atoms with Crippen LogP contribution in [0.2, 0.25) is 0 Å². The van der Waals surface area contributed by atoms with Crippen molar-refractivity contribution in [3.05, 3.63) is 51.9 Å². The third-order valence-corrected chi connectivity index (χ3v) is 5.28. The number of hydrogen-bond donors (Lipinski definition) is 2. The molecule has 2 aromatic rings. The van der Waals surface area contributed by atoms with Crippen LogP contribution in [0.3, 0.4) is 0 Å². The van der Waals surface area contributed by atoms with Gasteiger partial charge in [0.15, 0.2) is 0 Å². The highest BCUT2D eigenvalue weighted by atomic mass is 32.1. The number of amides is 1. The maximum absolute atomic E-state index is 12.2. The van der Waals surface area contributed by atoms with E-state index in [4.69, 9.17) is 4.74 Å². The van der Waals surface area contributed by atoms with E-state index in [1.54, 1.807) is 13.2 Å². The Hall–Kier alpha value is -2.62. The number of fused-ring (bicyclic) bond motifs is 1. The van der Waals surface area contributed by atoms with Crippen LogP contribution in [0.5, 0.6) is 5.75 Å². The molecule has 0 bridgehead atoms. The Labute approximate surface area is 150 Å². The Balaban J connectivity index is 1.75. The highest BCUT2D eigenvalue weighted by Crippen LogP contribution is 2.37. The summed E-state index contributed by atoms with van der Waals surface area (Å²) in [5.74, 6) is 0.428. The highest BCUT2D eigenvalue weighted by molar-refractivity contribution is 7.16. The van der Waals surface area contributed by atoms with Gasteiger partial charge in [0.2, 0.25) is 5.91 Å². The molecule has 1 atom stereocenters. The largest absolute Gasteiger partial charge is 0.497 e. The summed E-state index contributed by atoms with van der Waals surface area (Å²) < 4.78 is 5.15. The molecular weight excluding hydrogens is 336 g/mol. The minimum Gasteiger partial charge on any atom is -0.497 e. The van der Waals surface area contributed by atoms with Crippen LogP contribution < -0.4 is 10.1 Å². The number of rotatable bonds is 4. The smallest absolute Gasteiger partial charge is 0.249 e. The monoisotopic (exact) mass is 354 g/mol. The lowest BCUT2D eigenvalue weighted by Gasteiger charge is -2.16. The number of methoxy groups -OCH3 is 1. The third kappa shape index (κ3) is 3.90. The van der Waals surface area contributed by atoms with Crippen LogP contribution >= 0.6 is 11.3 Å². The van der Waals surface area contributed by atoms with Gasteiger partial charge >= 0.3 is 0 Å². The molecule has 0 spiro atoms. The van der Waals surface area contributed by atoms with Gasteiger partial charge in [-0.1, -0.05) is 12.1 Å². The summed E-state index contributed by atoms with van der Waals surface area (Å²) in [5, 5.41) is 22.5. The quantitative estimate of drug-likeness (QED) is 0.827. The van der Waals surface area contributed by atoms with Gasteiger partial charge in [0.1, 0.15) is 16.8 Å². The lowest BCUT2D eigenvalue weighted by atomic mass is 9.94. The molecule has 1 heterocycles. The van der Waals surface area contributed by atoms with Crippen LogP contribution in [0.4, 0.5) is 5.00 Å². The summed E-state index contributed by atoms with van der Waals surface area (Å²) in [6.45, 7) is 0. The van der Waals surface area contributed by atoms with E-state index in [9.17, 15) is 15.2 Å². The standard InChI is InChI=1S/C19H18N2O3S/c1-24-14-4-2-3-12(9-14)5-8-18(23)21-19-16(11-20)15-7-6-13(22)10-17(15)25-19/h2-5,8-9,13,22H,6-7,10H2,1H3,(H,21,23). The first-order valence-electron chi connectivity index (χ1n) is 7.96. The van der Waals surface area contributed by atoms with Crippen molar-refractivity contribution >= 4 is 28.3 Å². The van der Waals surface area contributed by atoms with Crippen LogP contribution in [-0.4, -0.2) is 24.2 Å². The second kappa shape index (κ2) is 7.51. The Kier molecular flexibility index (Phi) is 5.17. The molecule has 1 aliphatic rings. The van der Waals surface area contributed by atoms with Crippen LogP contribution in [0.1, 0.15) is 28.0 Å². The van der Waals surface area contributed by atoms with Gasteiger partial charge in [-0.25, -0.2) is 0 Å². The fourth-order valence-corrected chi connectivity index (χ4v) is 4.12. The number of ether oxygens (including phenoxy) is 1. The van der Waals surface area contributed by atoms with E-state index in [-0.39, 0.29) is 12.0 Å². The van der Waals surface area contributed by atoms with E-state index in [0.717, 1.165) is 21.8 Å². The molecule has 0 fully saturated rings. The Morgan fingerprint density at radius 3 is 3.12 bits per heavy atom. The zero-order valence-electron chi connectivity index (χ0n) is 13.8. The number of nitriles is 1. The second-order valence-corrected chi connectivity index (χ2v) is 6.92. The molecule has 0 saturated heterocycles. The summed E-state index contributed by atoms with van der Waals surface area (Å²) in [7, 11) is 1.59. The lowest BCUT2D eigenvalue weighted by molar-refractivity contribution is -0.111. The average molecular weight is 354 g/mol. The second-order valence-electron chi connectivity index (χ2n) is 5.82. The van der Waals surface area contributed by atoms with Gasteiger partial charge in [-0.05, 0) is 42.2 Å². The maximum atomic E-state index is 12.2. The number of aliphatic hydroxyl groups is 1. The van der Waals surface area contributed by atoms with Gasteiger partial charge in [0, 0.05) is 17.4 Å². The zero-order valence-corrected chi connectivity index (χ0v) is 14.6. The molecule has 0 aliphatic heterocycles. The summed E-state index contributed by atoms with van der Waals surface area (Å²) in [5.41, 5.74) is 2.34. The fourth-order valence-electron chi connectivity index (χ4n) is 2.85. The first kappa shape index (κ1) is 17.2. The molecule has 2 N–H and O–H groups in total. The van der Waals surface area contributed by atoms with Gasteiger partial charge in [-0.15, -0.1) is 11.3 Å². The number of benzene rings is 1. The predicted octanol–water partition coefficient (Wildman–Crippen LogP) is 3.13. The van der Waals surface area contributed by atoms with E-state index in [2.05, 4.69) is 11.4 Å². The molecule has 0 radical (unpaired) electrons. The number of nitrogens with one attached hydrogen (secondary N) is 1. The summed E-state index contributed by atoms with van der Waals surface area (Å²) in [4.78, 5) is 13.2. The minimum atomic E-state index is -0.366. The first-order valence-corrected chi connectivity index (χ1v) is 8.78. The predicted molar refractivity (Wildman–Crippen MR) is 97.7 cm³/mol. The Morgan fingerprint density at radius 2 is 2.36 bits per heavy atom. The van der Waals surface area contributed by atoms with Crippen molar-refractivity contribution in [3.63, 3.8) is 0 Å². The molecule has 0 saturated carbocycles. The molecule has 5 nitrogen and oxygen atoms in total. The molecule has 25 heavy (non-hydrogen) atoms. The fraction of sp³-hybridized carbons (Fsp3) is 0.263. The van der Waals surface area contributed by atoms with Crippen LogP contribution in [0.25, 0.3) is 6.08 Å². The van der Waals surface area contributed by atoms with Crippen LogP contribution in [0.15, 0.2) is 30.3 Å². The van der Waals surface area contributed by atoms with Crippen molar-refractivity contribution in [1.82, 2.24) is 0 Å². The Bertz CT molecular complexity index is 864. The van der Waals surface area contributed by atoms with Crippen molar-refractivity contribution < 1.29 is 14.6 Å². The number of nitrogens with zero attached hydrogens (tertiary/aromatic N) is 1. The number of thiophene rings is 1. The van der Waals surface area contributed by atoms with Gasteiger partial charge in [-0.3, -0.25) is 4.79 Å². The lowest BCUT2D eigenvalue weighted by Crippen LogP contribution is -2.17. The van der Waals surface area contributed by atoms with Gasteiger partial charge in [0.05, 0.1) is 18.8 Å². The zero-order chi connectivity index (χ0) is 17.8. The van der Waals surface area contributed by atoms with E-state index < -0.39 is 0 Å². The number of anilines is 1. The highest BCUT2D eigenvalue weighted by Gasteiger charge is 2.25. The van der Waals surface area contributed by atoms with E-state index in [0.29, 0.717) is 29.8 Å². The minimum absolute atomic E-state index is 0.293. The number of hydrogen-bond acceptors (Lipinski definition) is 5. The Morgan fingerprint density at radius 1 is 1.52 bits per heavy atom. The van der Waals surface area contributed by atoms with Crippen molar-refractivity contribution in [2.45, 2.75) is 25.4 Å². The molecule has 1 amide bonds. The average Bonchev–Trinajstić information content (AvgIpc) is 2.96. The molecule has 1 aromatic carbocycles. The number of aliphatic hydroxyl groups excluding tert-OH is 1. The summed E-state index contributed by atoms with van der Waals surface area (Å²) in [6.07, 6.45) is 4.64. The molecule has 1 aliphatic carbocycles. The molecule has 1 unspecified atom stereocenters. The molecular formula is C19H18N2O3S. The van der Waals surface area contributed by atoms with Crippen molar-refractivity contribution in [2.75, 3.05) is 12.4 Å². The van der Waals surface area contributed by atoms with Crippen LogP contribution in [-0.2, 0) is 17.6 Å². The van der Waals surface area contributed by atoms with Crippen molar-refractivity contribution in [3.8, 4) is 11.8 Å². The van der Waals surface area contributed by atoms with Crippen molar-refractivity contribution in [1.29, 1.82) is 5.26 Å². The van der Waals surface area contributed by atoms with Gasteiger partial charge < -0.3 is 15.2 Å². The van der Waals surface area contributed by atoms with Crippen LogP contribution in [0, 0.1) is 11.3 Å². The SMILES string of the molecule is COc1cccc(C=CC(=O)Nc2sc3c(c2C#N)CCC(O)C3)c1. The molecule has 6 heteroatoms. The van der Waals surface area contributed by atoms with Gasteiger partial charge in [-0.2, -0.15) is 5.26 Å². The van der Waals surface area contributed by atoms with E-state index in [1.807, 2.05) is 24.3 Å². The summed E-state index contributed by atoms with van der Waals surface area (Å²) in [6, 6.07) is 9.57. The normalized spacial score (nSPS) is 16.3. The molecule has 3 rings (SSSR count). The van der Waals surface area contributed by atoms with Crippen molar-refractivity contribution in [2.24, 2.45) is 0 Å². The number of carbonyl (C=O) groups excluding carboxylic acids is 1. The van der Waals surface area contributed by atoms with E-state index >= 15 is 0 Å². The summed E-state index contributed by atoms with van der Waals surface area (Å²) >= 11 is 1.38. The maximum Gasteiger partial charge on any atom is 0.249 e. The number of carbonyl (C=O) groups is 1. The third-order valence-electron chi connectivity index (χ3n) is 4.11. The molecule has 128 valence electrons. The topological polar surface area (TPSA) is 82.3 Å². The van der Waals surface area contributed by atoms with E-state index in [1.165, 1.54) is 17.4 Å². The van der Waals surface area contributed by atoms with Gasteiger partial charge in [0.25, 0.3) is 0 Å². The first-order chi connectivity index (χ1) is 12.1. The molecule has 1 aromatic heterocycles.